The van der Waals surface area contributed by atoms with Gasteiger partial charge < -0.3 is 42.3 Å². The van der Waals surface area contributed by atoms with Crippen molar-refractivity contribution in [2.75, 3.05) is 13.2 Å². The first-order valence-electron chi connectivity index (χ1n) is 6.16. The molecule has 0 unspecified atom stereocenters. The molecule has 0 heterocycles. The van der Waals surface area contributed by atoms with Gasteiger partial charge >= 0.3 is 0 Å². The van der Waals surface area contributed by atoms with E-state index in [9.17, 15) is 19.8 Å². The number of aliphatic carboxylic acids is 2. The lowest BCUT2D eigenvalue weighted by Crippen LogP contribution is -2.21. The van der Waals surface area contributed by atoms with Crippen LogP contribution in [0.3, 0.4) is 0 Å². The molecule has 0 spiro atoms. The highest BCUT2D eigenvalue weighted by Gasteiger charge is 1.92. The maximum atomic E-state index is 10.0. The number of rotatable bonds is 10. The SMILES string of the molecule is O=C([O-])CCCCCCCCC(=O)[O-].OCCO.[NH4+].[NH4+]. The van der Waals surface area contributed by atoms with Gasteiger partial charge in [-0.2, -0.15) is 0 Å². The smallest absolute Gasteiger partial charge is 0.0662 e. The maximum absolute atomic E-state index is 10.0. The Labute approximate surface area is 120 Å². The molecule has 8 nitrogen and oxygen atoms in total. The standard InChI is InChI=1S/C10H18O4.C2H6O2.2H3N/c11-9(12)7-5-3-1-2-4-6-8-10(13)14;3-1-2-4;;/h1-8H2,(H,11,12)(H,13,14);3-4H,1-2H2;2*1H3. The number of hydrogen-bond donors (Lipinski definition) is 4. The molecule has 8 heteroatoms. The van der Waals surface area contributed by atoms with Crippen molar-refractivity contribution in [3.8, 4) is 0 Å². The summed E-state index contributed by atoms with van der Waals surface area (Å²) in [5, 5.41) is 35.3. The molecule has 0 bridgehead atoms. The van der Waals surface area contributed by atoms with Gasteiger partial charge in [0.15, 0.2) is 0 Å². The molecular formula is C12H30N2O6. The van der Waals surface area contributed by atoms with Crippen LogP contribution >= 0.6 is 0 Å². The van der Waals surface area contributed by atoms with Crippen LogP contribution in [0, 0.1) is 0 Å². The summed E-state index contributed by atoms with van der Waals surface area (Å²) in [5.74, 6) is -2.00. The normalized spacial score (nSPS) is 8.50. The van der Waals surface area contributed by atoms with Crippen LogP contribution in [0.4, 0.5) is 0 Å². The number of carboxylic acid groups (broad SMARTS) is 2. The predicted octanol–water partition coefficient (Wildman–Crippen LogP) is -0.670. The van der Waals surface area contributed by atoms with Crippen molar-refractivity contribution in [1.29, 1.82) is 0 Å². The Morgan fingerprint density at radius 3 is 1.10 bits per heavy atom. The Morgan fingerprint density at radius 2 is 0.900 bits per heavy atom. The number of unbranched alkanes of at least 4 members (excludes halogenated alkanes) is 5. The molecule has 0 saturated carbocycles. The second-order valence-corrected chi connectivity index (χ2v) is 3.81. The highest BCUT2D eigenvalue weighted by atomic mass is 16.4. The van der Waals surface area contributed by atoms with Crippen LogP contribution in [0.1, 0.15) is 51.4 Å². The van der Waals surface area contributed by atoms with Gasteiger partial charge in [-0.3, -0.25) is 0 Å². The summed E-state index contributed by atoms with van der Waals surface area (Å²) in [6.45, 7) is -0.250. The largest absolute Gasteiger partial charge is 0.550 e. The minimum atomic E-state index is -0.998. The van der Waals surface area contributed by atoms with Gasteiger partial charge in [-0.25, -0.2) is 0 Å². The zero-order valence-corrected chi connectivity index (χ0v) is 12.6. The number of carbonyl (C=O) groups is 2. The second-order valence-electron chi connectivity index (χ2n) is 3.81. The van der Waals surface area contributed by atoms with Gasteiger partial charge in [0.2, 0.25) is 0 Å². The van der Waals surface area contributed by atoms with E-state index in [1.54, 1.807) is 0 Å². The van der Waals surface area contributed by atoms with E-state index in [-0.39, 0.29) is 38.4 Å². The van der Waals surface area contributed by atoms with Crippen molar-refractivity contribution < 1.29 is 30.0 Å². The maximum Gasteiger partial charge on any atom is 0.0662 e. The first-order valence-corrected chi connectivity index (χ1v) is 6.16. The number of quaternary nitrogens is 2. The van der Waals surface area contributed by atoms with Gasteiger partial charge in [0.25, 0.3) is 0 Å². The third kappa shape index (κ3) is 36.0. The molecule has 0 aliphatic heterocycles. The van der Waals surface area contributed by atoms with Crippen LogP contribution in [-0.4, -0.2) is 35.4 Å². The van der Waals surface area contributed by atoms with Crippen LogP contribution in [-0.2, 0) is 9.59 Å². The van der Waals surface area contributed by atoms with E-state index in [4.69, 9.17) is 10.2 Å². The summed E-state index contributed by atoms with van der Waals surface area (Å²) in [4.78, 5) is 20.1. The van der Waals surface area contributed by atoms with Crippen LogP contribution in [0.2, 0.25) is 0 Å². The van der Waals surface area contributed by atoms with Crippen LogP contribution in [0.25, 0.3) is 0 Å². The highest BCUT2D eigenvalue weighted by Crippen LogP contribution is 2.07. The minimum absolute atomic E-state index is 0. The average molecular weight is 298 g/mol. The summed E-state index contributed by atoms with van der Waals surface area (Å²) in [7, 11) is 0. The number of carboxylic acids is 2. The topological polar surface area (TPSA) is 194 Å². The van der Waals surface area contributed by atoms with Crippen molar-refractivity contribution in [2.45, 2.75) is 51.4 Å². The number of aliphatic hydroxyl groups excluding tert-OH is 2. The fourth-order valence-corrected chi connectivity index (χ4v) is 1.25. The Kier molecular flexibility index (Phi) is 31.1. The average Bonchev–Trinajstić information content (AvgIpc) is 2.32. The fourth-order valence-electron chi connectivity index (χ4n) is 1.25. The van der Waals surface area contributed by atoms with Crippen molar-refractivity contribution in [1.82, 2.24) is 12.3 Å². The van der Waals surface area contributed by atoms with E-state index < -0.39 is 11.9 Å². The molecule has 0 aromatic carbocycles. The van der Waals surface area contributed by atoms with E-state index in [1.807, 2.05) is 0 Å². The van der Waals surface area contributed by atoms with Gasteiger partial charge in [0.1, 0.15) is 0 Å². The van der Waals surface area contributed by atoms with Crippen molar-refractivity contribution in [3.05, 3.63) is 0 Å². The minimum Gasteiger partial charge on any atom is -0.550 e. The molecule has 0 aromatic rings. The Morgan fingerprint density at radius 1 is 0.650 bits per heavy atom. The zero-order valence-electron chi connectivity index (χ0n) is 12.6. The van der Waals surface area contributed by atoms with Gasteiger partial charge in [-0.05, 0) is 25.7 Å². The van der Waals surface area contributed by atoms with E-state index >= 15 is 0 Å². The Hall–Kier alpha value is -1.22. The van der Waals surface area contributed by atoms with E-state index in [0.29, 0.717) is 12.8 Å². The molecule has 0 radical (unpaired) electrons. The lowest BCUT2D eigenvalue weighted by atomic mass is 10.1. The number of hydrogen-bond acceptors (Lipinski definition) is 6. The lowest BCUT2D eigenvalue weighted by Gasteiger charge is -2.03. The summed E-state index contributed by atoms with van der Waals surface area (Å²) >= 11 is 0. The Bertz CT molecular complexity index is 192. The molecule has 0 aliphatic rings. The van der Waals surface area contributed by atoms with Crippen molar-refractivity contribution in [3.63, 3.8) is 0 Å². The predicted molar refractivity (Wildman–Crippen MR) is 73.1 cm³/mol. The number of carbonyl (C=O) groups excluding carboxylic acids is 2. The first-order chi connectivity index (χ1) is 8.54. The third-order valence-electron chi connectivity index (χ3n) is 2.11. The lowest BCUT2D eigenvalue weighted by molar-refractivity contribution is -0.307. The monoisotopic (exact) mass is 298 g/mol. The summed E-state index contributed by atoms with van der Waals surface area (Å²) in [6, 6.07) is 0. The zero-order chi connectivity index (χ0) is 14.2. The third-order valence-corrected chi connectivity index (χ3v) is 2.11. The summed E-state index contributed by atoms with van der Waals surface area (Å²) in [6.07, 6.45) is 5.23. The molecule has 10 N–H and O–H groups in total. The molecule has 0 amide bonds. The molecule has 0 saturated heterocycles. The quantitative estimate of drug-likeness (QED) is 0.386. The summed E-state index contributed by atoms with van der Waals surface area (Å²) < 4.78 is 0. The molecule has 0 rings (SSSR count). The van der Waals surface area contributed by atoms with Crippen molar-refractivity contribution in [2.24, 2.45) is 0 Å². The first kappa shape index (κ1) is 27.2. The number of aliphatic hydroxyl groups is 2. The summed E-state index contributed by atoms with van der Waals surface area (Å²) in [5.41, 5.74) is 0. The van der Waals surface area contributed by atoms with Crippen molar-refractivity contribution >= 4 is 11.9 Å². The van der Waals surface area contributed by atoms with Gasteiger partial charge in [0, 0.05) is 11.9 Å². The van der Waals surface area contributed by atoms with E-state index in [2.05, 4.69) is 0 Å². The van der Waals surface area contributed by atoms with Crippen LogP contribution < -0.4 is 22.5 Å². The molecule has 124 valence electrons. The van der Waals surface area contributed by atoms with Gasteiger partial charge in [-0.1, -0.05) is 25.7 Å². The molecular weight excluding hydrogens is 268 g/mol. The Balaban J connectivity index is -0.000000188. The van der Waals surface area contributed by atoms with E-state index in [0.717, 1.165) is 25.7 Å². The molecule has 20 heavy (non-hydrogen) atoms. The van der Waals surface area contributed by atoms with E-state index in [1.165, 1.54) is 0 Å². The van der Waals surface area contributed by atoms with Gasteiger partial charge in [-0.15, -0.1) is 0 Å². The van der Waals surface area contributed by atoms with Gasteiger partial charge in [0.05, 0.1) is 13.2 Å². The van der Waals surface area contributed by atoms with Crippen LogP contribution in [0.15, 0.2) is 0 Å². The second kappa shape index (κ2) is 22.9. The fraction of sp³-hybridized carbons (Fsp3) is 0.833. The molecule has 0 aromatic heterocycles. The van der Waals surface area contributed by atoms with Crippen LogP contribution in [0.5, 0.6) is 0 Å². The molecule has 0 aliphatic carbocycles. The molecule has 0 atom stereocenters. The highest BCUT2D eigenvalue weighted by molar-refractivity contribution is 5.64. The molecule has 0 fully saturated rings.